The number of alkyl halides is 3. The first kappa shape index (κ1) is 22.3. The summed E-state index contributed by atoms with van der Waals surface area (Å²) in [5, 5.41) is 1.26. The van der Waals surface area contributed by atoms with Gasteiger partial charge in [0, 0.05) is 35.9 Å². The van der Waals surface area contributed by atoms with Crippen molar-refractivity contribution in [3.05, 3.63) is 58.4 Å². The molecule has 4 nitrogen and oxygen atoms in total. The van der Waals surface area contributed by atoms with E-state index in [0.717, 1.165) is 33.6 Å². The second-order valence-corrected chi connectivity index (χ2v) is 10.8. The van der Waals surface area contributed by atoms with Crippen LogP contribution in [0, 0.1) is 12.7 Å². The third-order valence-electron chi connectivity index (χ3n) is 5.27. The van der Waals surface area contributed by atoms with Crippen LogP contribution in [0.15, 0.2) is 40.6 Å². The number of nitrogens with zero attached hydrogens (tertiary/aromatic N) is 2. The summed E-state index contributed by atoms with van der Waals surface area (Å²) in [6, 6.07) is 7.47. The summed E-state index contributed by atoms with van der Waals surface area (Å²) in [6.45, 7) is 1.72. The van der Waals surface area contributed by atoms with Gasteiger partial charge in [0.05, 0.1) is 11.3 Å². The summed E-state index contributed by atoms with van der Waals surface area (Å²) in [4.78, 5) is 1.37. The molecule has 1 saturated heterocycles. The Bertz CT molecular complexity index is 1250. The molecule has 2 heterocycles. The number of thiophene rings is 1. The van der Waals surface area contributed by atoms with E-state index in [1.807, 2.05) is 0 Å². The van der Waals surface area contributed by atoms with Crippen LogP contribution in [0.1, 0.15) is 11.1 Å². The third-order valence-corrected chi connectivity index (χ3v) is 9.28. The number of halogens is 5. The van der Waals surface area contributed by atoms with Crippen LogP contribution >= 0.6 is 22.9 Å². The van der Waals surface area contributed by atoms with Crippen molar-refractivity contribution in [1.29, 1.82) is 0 Å². The van der Waals surface area contributed by atoms with Crippen LogP contribution in [-0.2, 0) is 16.2 Å². The van der Waals surface area contributed by atoms with Gasteiger partial charge in [-0.15, -0.1) is 11.3 Å². The van der Waals surface area contributed by atoms with Crippen molar-refractivity contribution in [2.75, 3.05) is 31.1 Å². The fourth-order valence-corrected chi connectivity index (χ4v) is 7.18. The molecule has 0 atom stereocenters. The molecule has 1 fully saturated rings. The molecule has 0 aliphatic carbocycles. The van der Waals surface area contributed by atoms with E-state index in [4.69, 9.17) is 11.6 Å². The SMILES string of the molecule is Cc1c(S(=O)(=O)N2CCN(c3cc(F)ccc3C(F)(F)F)CC2)sc2ccc(Cl)cc12. The lowest BCUT2D eigenvalue weighted by Gasteiger charge is -2.36. The molecule has 31 heavy (non-hydrogen) atoms. The van der Waals surface area contributed by atoms with Gasteiger partial charge in [-0.3, -0.25) is 0 Å². The highest BCUT2D eigenvalue weighted by Crippen LogP contribution is 2.39. The molecular formula is C20H17ClF4N2O2S2. The Morgan fingerprint density at radius 3 is 2.35 bits per heavy atom. The largest absolute Gasteiger partial charge is 0.418 e. The lowest BCUT2D eigenvalue weighted by Crippen LogP contribution is -2.49. The number of sulfonamides is 1. The number of benzene rings is 2. The molecule has 0 unspecified atom stereocenters. The van der Waals surface area contributed by atoms with Gasteiger partial charge in [0.2, 0.25) is 0 Å². The monoisotopic (exact) mass is 492 g/mol. The summed E-state index contributed by atoms with van der Waals surface area (Å²) >= 11 is 7.16. The predicted octanol–water partition coefficient (Wildman–Crippen LogP) is 5.53. The summed E-state index contributed by atoms with van der Waals surface area (Å²) in [5.41, 5.74) is -0.630. The number of hydrogen-bond acceptors (Lipinski definition) is 4. The van der Waals surface area contributed by atoms with E-state index in [9.17, 15) is 26.0 Å². The highest BCUT2D eigenvalue weighted by atomic mass is 35.5. The Hall–Kier alpha value is -1.88. The van der Waals surface area contributed by atoms with E-state index in [1.165, 1.54) is 9.21 Å². The number of piperazine rings is 1. The van der Waals surface area contributed by atoms with E-state index in [1.54, 1.807) is 25.1 Å². The van der Waals surface area contributed by atoms with Crippen molar-refractivity contribution >= 4 is 48.7 Å². The summed E-state index contributed by atoms with van der Waals surface area (Å²) < 4.78 is 82.3. The van der Waals surface area contributed by atoms with Gasteiger partial charge < -0.3 is 4.90 Å². The average molecular weight is 493 g/mol. The summed E-state index contributed by atoms with van der Waals surface area (Å²) in [5.74, 6) is -0.780. The van der Waals surface area contributed by atoms with Crippen molar-refractivity contribution in [2.45, 2.75) is 17.3 Å². The van der Waals surface area contributed by atoms with Crippen LogP contribution < -0.4 is 4.90 Å². The molecule has 2 aromatic carbocycles. The Labute approximate surface area is 185 Å². The van der Waals surface area contributed by atoms with Gasteiger partial charge >= 0.3 is 6.18 Å². The smallest absolute Gasteiger partial charge is 0.368 e. The maximum Gasteiger partial charge on any atom is 0.418 e. The lowest BCUT2D eigenvalue weighted by molar-refractivity contribution is -0.137. The first-order chi connectivity index (χ1) is 14.5. The summed E-state index contributed by atoms with van der Waals surface area (Å²) in [6.07, 6.45) is -4.64. The van der Waals surface area contributed by atoms with Gasteiger partial charge in [-0.2, -0.15) is 17.5 Å². The molecule has 1 aliphatic rings. The number of anilines is 1. The van der Waals surface area contributed by atoms with Crippen molar-refractivity contribution in [3.8, 4) is 0 Å². The predicted molar refractivity (Wildman–Crippen MR) is 114 cm³/mol. The minimum Gasteiger partial charge on any atom is -0.368 e. The zero-order chi connectivity index (χ0) is 22.6. The second kappa shape index (κ2) is 7.91. The van der Waals surface area contributed by atoms with E-state index in [-0.39, 0.29) is 36.1 Å². The van der Waals surface area contributed by atoms with Crippen molar-refractivity contribution in [2.24, 2.45) is 0 Å². The fourth-order valence-electron chi connectivity index (χ4n) is 3.71. The topological polar surface area (TPSA) is 40.6 Å². The van der Waals surface area contributed by atoms with Gasteiger partial charge in [-0.1, -0.05) is 11.6 Å². The van der Waals surface area contributed by atoms with Crippen LogP contribution in [0.2, 0.25) is 5.02 Å². The van der Waals surface area contributed by atoms with Crippen molar-refractivity contribution < 1.29 is 26.0 Å². The van der Waals surface area contributed by atoms with E-state index in [2.05, 4.69) is 0 Å². The first-order valence-electron chi connectivity index (χ1n) is 9.29. The standard InChI is InChI=1S/C20H17ClF4N2O2S2/c1-12-15-10-13(21)2-5-18(15)30-19(12)31(28,29)27-8-6-26(7-9-27)17-11-14(22)3-4-16(17)20(23,24)25/h2-5,10-11H,6-9H2,1H3. The van der Waals surface area contributed by atoms with E-state index < -0.39 is 27.6 Å². The first-order valence-corrected chi connectivity index (χ1v) is 11.9. The number of rotatable bonds is 3. The maximum absolute atomic E-state index is 13.6. The number of hydrogen-bond donors (Lipinski definition) is 0. The molecule has 4 rings (SSSR count). The molecule has 0 radical (unpaired) electrons. The maximum atomic E-state index is 13.6. The molecule has 0 N–H and O–H groups in total. The Morgan fingerprint density at radius 2 is 1.71 bits per heavy atom. The molecule has 3 aromatic rings. The quantitative estimate of drug-likeness (QED) is 0.451. The van der Waals surface area contributed by atoms with Crippen molar-refractivity contribution in [1.82, 2.24) is 4.31 Å². The molecular weight excluding hydrogens is 476 g/mol. The molecule has 166 valence electrons. The Morgan fingerprint density at radius 1 is 1.03 bits per heavy atom. The molecule has 0 saturated carbocycles. The van der Waals surface area contributed by atoms with Crippen LogP contribution in [0.4, 0.5) is 23.2 Å². The highest BCUT2D eigenvalue weighted by molar-refractivity contribution is 7.91. The van der Waals surface area contributed by atoms with Crippen LogP contribution in [0.3, 0.4) is 0 Å². The molecule has 1 aliphatic heterocycles. The normalized spacial score (nSPS) is 16.3. The minimum atomic E-state index is -4.64. The van der Waals surface area contributed by atoms with Crippen molar-refractivity contribution in [3.63, 3.8) is 0 Å². The molecule has 0 bridgehead atoms. The molecule has 1 aromatic heterocycles. The van der Waals surface area contributed by atoms with Gasteiger partial charge in [0.15, 0.2) is 0 Å². The molecule has 11 heteroatoms. The highest BCUT2D eigenvalue weighted by Gasteiger charge is 2.37. The van der Waals surface area contributed by atoms with E-state index >= 15 is 0 Å². The van der Waals surface area contributed by atoms with Crippen LogP contribution in [-0.4, -0.2) is 38.9 Å². The Kier molecular flexibility index (Phi) is 5.70. The fraction of sp³-hybridized carbons (Fsp3) is 0.300. The van der Waals surface area contributed by atoms with Crippen LogP contribution in [0.25, 0.3) is 10.1 Å². The zero-order valence-corrected chi connectivity index (χ0v) is 18.6. The van der Waals surface area contributed by atoms with Gasteiger partial charge in [0.25, 0.3) is 10.0 Å². The number of aryl methyl sites for hydroxylation is 1. The average Bonchev–Trinajstić information content (AvgIpc) is 3.04. The molecule has 0 spiro atoms. The third kappa shape index (κ3) is 4.13. The second-order valence-electron chi connectivity index (χ2n) is 7.21. The van der Waals surface area contributed by atoms with E-state index in [0.29, 0.717) is 16.7 Å². The zero-order valence-electron chi connectivity index (χ0n) is 16.2. The van der Waals surface area contributed by atoms with Gasteiger partial charge in [-0.25, -0.2) is 12.8 Å². The Balaban J connectivity index is 1.60. The lowest BCUT2D eigenvalue weighted by atomic mass is 10.1. The number of fused-ring (bicyclic) bond motifs is 1. The van der Waals surface area contributed by atoms with Gasteiger partial charge in [-0.05, 0) is 54.3 Å². The molecule has 0 amide bonds. The minimum absolute atomic E-state index is 0.00934. The van der Waals surface area contributed by atoms with Gasteiger partial charge in [0.1, 0.15) is 10.0 Å². The van der Waals surface area contributed by atoms with Crippen LogP contribution in [0.5, 0.6) is 0 Å². The summed E-state index contributed by atoms with van der Waals surface area (Å²) in [7, 11) is -3.83.